The molecule has 170 valence electrons. The fourth-order valence-corrected chi connectivity index (χ4v) is 6.14. The number of carbonyl (C=O) groups is 1. The standard InChI is InChI=1S/C24H24ClN5OS2/c1-2-12-30-22(16-8-7-9-17(25)13-16)28-29-24(30)32-15-21(31)27-23-19(14-26)18-10-5-3-4-6-11-20(18)33-23/h2,7-9,13H,1,3-6,10-12,15H2,(H,27,31). The molecule has 2 aromatic heterocycles. The summed E-state index contributed by atoms with van der Waals surface area (Å²) in [6.45, 7) is 4.33. The van der Waals surface area contributed by atoms with Gasteiger partial charge in [-0.2, -0.15) is 5.26 Å². The minimum Gasteiger partial charge on any atom is -0.316 e. The molecule has 0 atom stereocenters. The molecule has 1 aromatic carbocycles. The van der Waals surface area contributed by atoms with Crippen molar-refractivity contribution in [1.82, 2.24) is 14.8 Å². The summed E-state index contributed by atoms with van der Waals surface area (Å²) < 4.78 is 1.91. The molecular weight excluding hydrogens is 474 g/mol. The first-order valence-corrected chi connectivity index (χ1v) is 13.1. The number of halogens is 1. The molecule has 1 aliphatic carbocycles. The fraction of sp³-hybridized carbons (Fsp3) is 0.333. The van der Waals surface area contributed by atoms with E-state index < -0.39 is 0 Å². The number of hydrogen-bond donors (Lipinski definition) is 1. The SMILES string of the molecule is C=CCn1c(SCC(=O)Nc2sc3c(c2C#N)CCCCCC3)nnc1-c1cccc(Cl)c1. The highest BCUT2D eigenvalue weighted by molar-refractivity contribution is 7.99. The number of nitrogens with zero attached hydrogens (tertiary/aromatic N) is 4. The first-order chi connectivity index (χ1) is 16.1. The van der Waals surface area contributed by atoms with Gasteiger partial charge >= 0.3 is 0 Å². The molecule has 0 fully saturated rings. The van der Waals surface area contributed by atoms with Gasteiger partial charge in [-0.15, -0.1) is 28.1 Å². The van der Waals surface area contributed by atoms with Crippen LogP contribution in [0.4, 0.5) is 5.00 Å². The highest BCUT2D eigenvalue weighted by atomic mass is 35.5. The van der Waals surface area contributed by atoms with Gasteiger partial charge in [-0.3, -0.25) is 9.36 Å². The molecule has 0 saturated heterocycles. The van der Waals surface area contributed by atoms with E-state index in [1.54, 1.807) is 23.5 Å². The summed E-state index contributed by atoms with van der Waals surface area (Å²) in [6, 6.07) is 9.74. The van der Waals surface area contributed by atoms with Gasteiger partial charge in [0.25, 0.3) is 0 Å². The first-order valence-electron chi connectivity index (χ1n) is 10.9. The van der Waals surface area contributed by atoms with Crippen molar-refractivity contribution in [3.63, 3.8) is 0 Å². The van der Waals surface area contributed by atoms with Crippen LogP contribution in [0, 0.1) is 11.3 Å². The van der Waals surface area contributed by atoms with Crippen LogP contribution in [0.25, 0.3) is 11.4 Å². The van der Waals surface area contributed by atoms with Crippen LogP contribution >= 0.6 is 34.7 Å². The third-order valence-corrected chi connectivity index (χ3v) is 7.89. The second-order valence-electron chi connectivity index (χ2n) is 7.79. The van der Waals surface area contributed by atoms with E-state index in [9.17, 15) is 10.1 Å². The molecule has 0 unspecified atom stereocenters. The maximum Gasteiger partial charge on any atom is 0.235 e. The number of aryl methyl sites for hydroxylation is 1. The van der Waals surface area contributed by atoms with Crippen LogP contribution < -0.4 is 5.32 Å². The molecule has 9 heteroatoms. The molecule has 1 N–H and O–H groups in total. The second kappa shape index (κ2) is 11.0. The predicted octanol–water partition coefficient (Wildman–Crippen LogP) is 6.11. The van der Waals surface area contributed by atoms with E-state index in [1.165, 1.54) is 29.5 Å². The summed E-state index contributed by atoms with van der Waals surface area (Å²) in [5, 5.41) is 23.2. The topological polar surface area (TPSA) is 83.6 Å². The first kappa shape index (κ1) is 23.6. The van der Waals surface area contributed by atoms with E-state index in [0.29, 0.717) is 33.1 Å². The Morgan fingerprint density at radius 1 is 1.30 bits per heavy atom. The molecule has 4 rings (SSSR count). The minimum absolute atomic E-state index is 0.164. The summed E-state index contributed by atoms with van der Waals surface area (Å²) in [5.41, 5.74) is 2.61. The van der Waals surface area contributed by atoms with Crippen LogP contribution in [0.15, 0.2) is 42.1 Å². The number of rotatable bonds is 7. The number of hydrogen-bond acceptors (Lipinski definition) is 6. The van der Waals surface area contributed by atoms with Gasteiger partial charge in [-0.1, -0.05) is 54.4 Å². The molecule has 33 heavy (non-hydrogen) atoms. The Kier molecular flexibility index (Phi) is 7.86. The van der Waals surface area contributed by atoms with Crippen LogP contribution in [0.2, 0.25) is 5.02 Å². The monoisotopic (exact) mass is 497 g/mol. The molecule has 0 aliphatic heterocycles. The average molecular weight is 498 g/mol. The lowest BCUT2D eigenvalue weighted by molar-refractivity contribution is -0.113. The number of allylic oxidation sites excluding steroid dienone is 1. The van der Waals surface area contributed by atoms with Gasteiger partial charge in [-0.25, -0.2) is 0 Å². The normalized spacial score (nSPS) is 13.5. The van der Waals surface area contributed by atoms with Gasteiger partial charge in [0.05, 0.1) is 11.3 Å². The Morgan fingerprint density at radius 2 is 2.12 bits per heavy atom. The Hall–Kier alpha value is -2.60. The number of nitriles is 1. The molecule has 1 aliphatic rings. The second-order valence-corrected chi connectivity index (χ2v) is 10.3. The third kappa shape index (κ3) is 5.49. The number of anilines is 1. The number of benzene rings is 1. The summed E-state index contributed by atoms with van der Waals surface area (Å²) >= 11 is 8.99. The fourth-order valence-electron chi connectivity index (χ4n) is 3.95. The number of carbonyl (C=O) groups excluding carboxylic acids is 1. The van der Waals surface area contributed by atoms with Crippen molar-refractivity contribution in [2.24, 2.45) is 0 Å². The number of fused-ring (bicyclic) bond motifs is 1. The van der Waals surface area contributed by atoms with Crippen molar-refractivity contribution in [2.45, 2.75) is 50.2 Å². The maximum absolute atomic E-state index is 12.8. The Labute approximate surface area is 206 Å². The molecule has 3 aromatic rings. The average Bonchev–Trinajstić information content (AvgIpc) is 3.33. The van der Waals surface area contributed by atoms with Crippen molar-refractivity contribution in [2.75, 3.05) is 11.1 Å². The Bertz CT molecular complexity index is 1210. The van der Waals surface area contributed by atoms with Crippen LogP contribution in [-0.4, -0.2) is 26.4 Å². The zero-order chi connectivity index (χ0) is 23.2. The third-order valence-electron chi connectivity index (χ3n) is 5.48. The molecular formula is C24H24ClN5OS2. The number of amides is 1. The van der Waals surface area contributed by atoms with Gasteiger partial charge in [0.2, 0.25) is 5.91 Å². The van der Waals surface area contributed by atoms with Crippen molar-refractivity contribution in [3.8, 4) is 17.5 Å². The highest BCUT2D eigenvalue weighted by Gasteiger charge is 2.21. The zero-order valence-corrected chi connectivity index (χ0v) is 20.5. The summed E-state index contributed by atoms with van der Waals surface area (Å²) in [4.78, 5) is 14.0. The lowest BCUT2D eigenvalue weighted by atomic mass is 9.97. The predicted molar refractivity (Wildman–Crippen MR) is 135 cm³/mol. The molecule has 0 spiro atoms. The van der Waals surface area contributed by atoms with Crippen molar-refractivity contribution < 1.29 is 4.79 Å². The highest BCUT2D eigenvalue weighted by Crippen LogP contribution is 2.36. The number of aromatic nitrogens is 3. The zero-order valence-electron chi connectivity index (χ0n) is 18.1. The van der Waals surface area contributed by atoms with Gasteiger partial charge in [0.15, 0.2) is 11.0 Å². The van der Waals surface area contributed by atoms with Gasteiger partial charge in [-0.05, 0) is 43.4 Å². The van der Waals surface area contributed by atoms with Gasteiger partial charge in [0, 0.05) is 22.0 Å². The number of nitrogens with one attached hydrogen (secondary N) is 1. The lowest BCUT2D eigenvalue weighted by Gasteiger charge is -2.09. The minimum atomic E-state index is -0.164. The Morgan fingerprint density at radius 3 is 2.88 bits per heavy atom. The quantitative estimate of drug-likeness (QED) is 0.314. The van der Waals surface area contributed by atoms with Crippen molar-refractivity contribution in [1.29, 1.82) is 5.26 Å². The van der Waals surface area contributed by atoms with Crippen molar-refractivity contribution >= 4 is 45.6 Å². The van der Waals surface area contributed by atoms with E-state index in [2.05, 4.69) is 28.2 Å². The molecule has 1 amide bonds. The molecule has 0 radical (unpaired) electrons. The Balaban J connectivity index is 1.48. The summed E-state index contributed by atoms with van der Waals surface area (Å²) in [7, 11) is 0. The summed E-state index contributed by atoms with van der Waals surface area (Å²) in [5.74, 6) is 0.673. The smallest absolute Gasteiger partial charge is 0.235 e. The number of thioether (sulfide) groups is 1. The van der Waals surface area contributed by atoms with Crippen molar-refractivity contribution in [3.05, 3.63) is 57.9 Å². The van der Waals surface area contributed by atoms with Crippen LogP contribution in [0.1, 0.15) is 41.7 Å². The lowest BCUT2D eigenvalue weighted by Crippen LogP contribution is -2.14. The molecule has 0 saturated carbocycles. The molecule has 0 bridgehead atoms. The van der Waals surface area contributed by atoms with Crippen LogP contribution in [-0.2, 0) is 24.2 Å². The van der Waals surface area contributed by atoms with E-state index >= 15 is 0 Å². The number of thiophene rings is 1. The summed E-state index contributed by atoms with van der Waals surface area (Å²) in [6.07, 6.45) is 8.31. The van der Waals surface area contributed by atoms with Crippen LogP contribution in [0.3, 0.4) is 0 Å². The van der Waals surface area contributed by atoms with Crippen LogP contribution in [0.5, 0.6) is 0 Å². The van der Waals surface area contributed by atoms with E-state index in [-0.39, 0.29) is 11.7 Å². The van der Waals surface area contributed by atoms with Gasteiger partial charge < -0.3 is 5.32 Å². The largest absolute Gasteiger partial charge is 0.316 e. The maximum atomic E-state index is 12.8. The molecule has 6 nitrogen and oxygen atoms in total. The van der Waals surface area contributed by atoms with E-state index in [4.69, 9.17) is 11.6 Å². The van der Waals surface area contributed by atoms with Gasteiger partial charge in [0.1, 0.15) is 11.1 Å². The van der Waals surface area contributed by atoms with E-state index in [1.807, 2.05) is 22.8 Å². The molecule has 2 heterocycles. The van der Waals surface area contributed by atoms with E-state index in [0.717, 1.165) is 36.8 Å².